The average molecular weight is 389 g/mol. The van der Waals surface area contributed by atoms with Crippen molar-refractivity contribution < 1.29 is 27.8 Å². The average Bonchev–Trinajstić information content (AvgIpc) is 2.94. The van der Waals surface area contributed by atoms with Gasteiger partial charge in [0.15, 0.2) is 11.5 Å². The second-order valence-corrected chi connectivity index (χ2v) is 6.56. The molecule has 0 aromatic heterocycles. The zero-order valence-corrected chi connectivity index (χ0v) is 14.9. The SMILES string of the molecule is CC(=O)Nc1cccc2c1CCN(C(=O)Nc1ccc3c(c1)OC(F)(F)O3)C2. The molecule has 2 aromatic carbocycles. The Labute approximate surface area is 159 Å². The minimum absolute atomic E-state index is 0.0830. The van der Waals surface area contributed by atoms with Gasteiger partial charge in [0.2, 0.25) is 5.91 Å². The van der Waals surface area contributed by atoms with E-state index in [1.165, 1.54) is 25.1 Å². The molecule has 9 heteroatoms. The maximum Gasteiger partial charge on any atom is 0.586 e. The van der Waals surface area contributed by atoms with Crippen molar-refractivity contribution in [1.82, 2.24) is 4.90 Å². The standard InChI is InChI=1S/C19H17F2N3O4/c1-11(25)22-15-4-2-3-12-10-24(8-7-14(12)15)18(26)23-13-5-6-16-17(9-13)28-19(20,21)27-16/h2-6,9H,7-8,10H2,1H3,(H,22,25)(H,23,26). The van der Waals surface area contributed by atoms with Crippen LogP contribution in [0, 0.1) is 0 Å². The zero-order chi connectivity index (χ0) is 19.9. The summed E-state index contributed by atoms with van der Waals surface area (Å²) >= 11 is 0. The number of fused-ring (bicyclic) bond motifs is 2. The van der Waals surface area contributed by atoms with Crippen molar-refractivity contribution in [2.45, 2.75) is 26.2 Å². The third kappa shape index (κ3) is 3.55. The normalized spacial score (nSPS) is 16.3. The van der Waals surface area contributed by atoms with Crippen molar-refractivity contribution in [2.75, 3.05) is 17.2 Å². The van der Waals surface area contributed by atoms with E-state index in [9.17, 15) is 18.4 Å². The van der Waals surface area contributed by atoms with Crippen molar-refractivity contribution in [3.63, 3.8) is 0 Å². The molecule has 0 saturated heterocycles. The Hall–Kier alpha value is -3.36. The summed E-state index contributed by atoms with van der Waals surface area (Å²) in [6, 6.07) is 9.28. The highest BCUT2D eigenvalue weighted by Crippen LogP contribution is 2.42. The summed E-state index contributed by atoms with van der Waals surface area (Å²) in [5.74, 6) is -0.367. The molecule has 0 saturated carbocycles. The first kappa shape index (κ1) is 18.0. The number of rotatable bonds is 2. The number of carbonyl (C=O) groups is 2. The summed E-state index contributed by atoms with van der Waals surface area (Å²) < 4.78 is 35.0. The molecule has 0 atom stereocenters. The van der Waals surface area contributed by atoms with E-state index in [0.717, 1.165) is 16.8 Å². The predicted molar refractivity (Wildman–Crippen MR) is 96.5 cm³/mol. The first-order chi connectivity index (χ1) is 13.3. The second-order valence-electron chi connectivity index (χ2n) is 6.56. The van der Waals surface area contributed by atoms with Gasteiger partial charge in [-0.3, -0.25) is 4.79 Å². The molecule has 2 aliphatic rings. The van der Waals surface area contributed by atoms with Crippen LogP contribution in [0.25, 0.3) is 0 Å². The number of ether oxygens (including phenoxy) is 2. The molecule has 2 aliphatic heterocycles. The van der Waals surface area contributed by atoms with Gasteiger partial charge >= 0.3 is 12.3 Å². The van der Waals surface area contributed by atoms with E-state index in [0.29, 0.717) is 25.2 Å². The van der Waals surface area contributed by atoms with Crippen LogP contribution >= 0.6 is 0 Å². The van der Waals surface area contributed by atoms with E-state index in [-0.39, 0.29) is 23.4 Å². The van der Waals surface area contributed by atoms with Crippen LogP contribution in [0.4, 0.5) is 25.0 Å². The monoisotopic (exact) mass is 389 g/mol. The van der Waals surface area contributed by atoms with Crippen LogP contribution in [-0.2, 0) is 17.8 Å². The Bertz CT molecular complexity index is 964. The first-order valence-corrected chi connectivity index (χ1v) is 8.65. The quantitative estimate of drug-likeness (QED) is 0.823. The zero-order valence-electron chi connectivity index (χ0n) is 14.9. The third-order valence-electron chi connectivity index (χ3n) is 4.52. The van der Waals surface area contributed by atoms with E-state index in [1.807, 2.05) is 18.2 Å². The number of nitrogens with one attached hydrogen (secondary N) is 2. The summed E-state index contributed by atoms with van der Waals surface area (Å²) in [6.45, 7) is 2.28. The smallest absolute Gasteiger partial charge is 0.395 e. The Morgan fingerprint density at radius 1 is 1.11 bits per heavy atom. The number of urea groups is 1. The van der Waals surface area contributed by atoms with Crippen LogP contribution in [0.3, 0.4) is 0 Å². The van der Waals surface area contributed by atoms with Crippen molar-refractivity contribution in [3.05, 3.63) is 47.5 Å². The van der Waals surface area contributed by atoms with Crippen molar-refractivity contribution in [1.29, 1.82) is 0 Å². The molecule has 0 spiro atoms. The molecule has 2 N–H and O–H groups in total. The highest BCUT2D eigenvalue weighted by Gasteiger charge is 2.43. The number of carbonyl (C=O) groups excluding carboxylic acids is 2. The fourth-order valence-corrected chi connectivity index (χ4v) is 3.32. The Balaban J connectivity index is 1.46. The Morgan fingerprint density at radius 3 is 2.68 bits per heavy atom. The topological polar surface area (TPSA) is 79.9 Å². The molecule has 4 rings (SSSR count). The number of halogens is 2. The van der Waals surface area contributed by atoms with E-state index in [1.54, 1.807) is 4.90 Å². The second kappa shape index (κ2) is 6.66. The van der Waals surface area contributed by atoms with Gasteiger partial charge in [0.1, 0.15) is 0 Å². The van der Waals surface area contributed by atoms with Gasteiger partial charge in [-0.1, -0.05) is 12.1 Å². The van der Waals surface area contributed by atoms with Gasteiger partial charge < -0.3 is 25.0 Å². The molecular weight excluding hydrogens is 372 g/mol. The largest absolute Gasteiger partial charge is 0.586 e. The molecule has 0 bridgehead atoms. The number of amides is 3. The van der Waals surface area contributed by atoms with E-state index >= 15 is 0 Å². The molecule has 7 nitrogen and oxygen atoms in total. The van der Waals surface area contributed by atoms with Crippen LogP contribution in [0.1, 0.15) is 18.1 Å². The molecule has 0 fully saturated rings. The van der Waals surface area contributed by atoms with Crippen LogP contribution < -0.4 is 20.1 Å². The predicted octanol–water partition coefficient (Wildman–Crippen LogP) is 3.56. The van der Waals surface area contributed by atoms with Gasteiger partial charge in [0, 0.05) is 37.5 Å². The maximum absolute atomic E-state index is 13.1. The molecule has 28 heavy (non-hydrogen) atoms. The molecule has 0 radical (unpaired) electrons. The fraction of sp³-hybridized carbons (Fsp3) is 0.263. The number of nitrogens with zero attached hydrogens (tertiary/aromatic N) is 1. The van der Waals surface area contributed by atoms with Gasteiger partial charge in [0.05, 0.1) is 0 Å². The summed E-state index contributed by atoms with van der Waals surface area (Å²) in [4.78, 5) is 25.5. The lowest BCUT2D eigenvalue weighted by Gasteiger charge is -2.30. The van der Waals surface area contributed by atoms with Crippen molar-refractivity contribution in [3.8, 4) is 11.5 Å². The third-order valence-corrected chi connectivity index (χ3v) is 4.52. The minimum Gasteiger partial charge on any atom is -0.395 e. The fourth-order valence-electron chi connectivity index (χ4n) is 3.32. The van der Waals surface area contributed by atoms with Gasteiger partial charge in [0.25, 0.3) is 0 Å². The van der Waals surface area contributed by atoms with Gasteiger partial charge in [-0.05, 0) is 35.7 Å². The van der Waals surface area contributed by atoms with Crippen LogP contribution in [0.5, 0.6) is 11.5 Å². The Kier molecular flexibility index (Phi) is 4.29. The van der Waals surface area contributed by atoms with Crippen LogP contribution in [0.2, 0.25) is 0 Å². The lowest BCUT2D eigenvalue weighted by Crippen LogP contribution is -2.39. The van der Waals surface area contributed by atoms with E-state index < -0.39 is 6.29 Å². The molecule has 146 valence electrons. The molecule has 2 aromatic rings. The van der Waals surface area contributed by atoms with E-state index in [4.69, 9.17) is 0 Å². The number of hydrogen-bond acceptors (Lipinski definition) is 4. The first-order valence-electron chi connectivity index (χ1n) is 8.65. The van der Waals surface area contributed by atoms with Gasteiger partial charge in [-0.2, -0.15) is 0 Å². The number of anilines is 2. The molecule has 2 heterocycles. The molecule has 0 aliphatic carbocycles. The van der Waals surface area contributed by atoms with Crippen LogP contribution in [-0.4, -0.2) is 29.7 Å². The molecule has 0 unspecified atom stereocenters. The minimum atomic E-state index is -3.70. The highest BCUT2D eigenvalue weighted by molar-refractivity contribution is 5.91. The van der Waals surface area contributed by atoms with Gasteiger partial charge in [-0.15, -0.1) is 8.78 Å². The maximum atomic E-state index is 13.1. The lowest BCUT2D eigenvalue weighted by atomic mass is 9.98. The van der Waals surface area contributed by atoms with Crippen molar-refractivity contribution >= 4 is 23.3 Å². The Morgan fingerprint density at radius 2 is 1.89 bits per heavy atom. The summed E-state index contributed by atoms with van der Waals surface area (Å²) in [6.07, 6.45) is -3.11. The highest BCUT2D eigenvalue weighted by atomic mass is 19.3. The summed E-state index contributed by atoms with van der Waals surface area (Å²) in [5.41, 5.74) is 3.02. The number of hydrogen-bond donors (Lipinski definition) is 2. The molecular formula is C19H17F2N3O4. The number of alkyl halides is 2. The summed E-state index contributed by atoms with van der Waals surface area (Å²) in [7, 11) is 0. The van der Waals surface area contributed by atoms with Gasteiger partial charge in [-0.25, -0.2) is 4.79 Å². The summed E-state index contributed by atoms with van der Waals surface area (Å²) in [5, 5.41) is 5.49. The number of benzene rings is 2. The van der Waals surface area contributed by atoms with Crippen LogP contribution in [0.15, 0.2) is 36.4 Å². The van der Waals surface area contributed by atoms with Crippen molar-refractivity contribution in [2.24, 2.45) is 0 Å². The van der Waals surface area contributed by atoms with E-state index in [2.05, 4.69) is 20.1 Å². The lowest BCUT2D eigenvalue weighted by molar-refractivity contribution is -0.286. The molecule has 3 amide bonds.